The van der Waals surface area contributed by atoms with E-state index in [-0.39, 0.29) is 17.8 Å². The van der Waals surface area contributed by atoms with Crippen molar-refractivity contribution in [3.8, 4) is 0 Å². The number of aliphatic carboxylic acids is 2. The third-order valence-corrected chi connectivity index (χ3v) is 5.65. The molecule has 28 heavy (non-hydrogen) atoms. The van der Waals surface area contributed by atoms with Crippen molar-refractivity contribution in [1.29, 1.82) is 0 Å². The molecule has 0 aliphatic carbocycles. The molecule has 0 amide bonds. The Balaban J connectivity index is 1.78. The first-order chi connectivity index (χ1) is 13.5. The molecule has 2 aromatic rings. The summed E-state index contributed by atoms with van der Waals surface area (Å²) in [5, 5.41) is 19.4. The van der Waals surface area contributed by atoms with E-state index in [9.17, 15) is 14.7 Å². The molecule has 1 unspecified atom stereocenters. The fraction of sp³-hybridized carbons (Fsp3) is 0.238. The topological polar surface area (TPSA) is 81.1 Å². The van der Waals surface area contributed by atoms with Crippen molar-refractivity contribution in [2.24, 2.45) is 0 Å². The van der Waals surface area contributed by atoms with Gasteiger partial charge in [-0.2, -0.15) is 0 Å². The minimum atomic E-state index is -1.26. The van der Waals surface area contributed by atoms with Gasteiger partial charge in [0.25, 0.3) is 0 Å². The van der Waals surface area contributed by atoms with Gasteiger partial charge in [0.2, 0.25) is 0 Å². The van der Waals surface area contributed by atoms with Gasteiger partial charge in [0.15, 0.2) is 0 Å². The molecule has 2 atom stereocenters. The summed E-state index contributed by atoms with van der Waals surface area (Å²) < 4.78 is 0. The molecule has 4 rings (SSSR count). The van der Waals surface area contributed by atoms with Gasteiger partial charge in [-0.1, -0.05) is 48.0 Å². The van der Waals surface area contributed by atoms with Gasteiger partial charge in [-0.05, 0) is 28.8 Å². The van der Waals surface area contributed by atoms with Gasteiger partial charge in [-0.15, -0.1) is 0 Å². The van der Waals surface area contributed by atoms with Crippen LogP contribution in [-0.2, 0) is 9.59 Å². The number of benzene rings is 2. The number of nitrogens with zero attached hydrogens (tertiary/aromatic N) is 2. The zero-order valence-corrected chi connectivity index (χ0v) is 15.7. The maximum absolute atomic E-state index is 11.7. The normalized spacial score (nSPS) is 21.9. The molecule has 2 aromatic carbocycles. The predicted octanol–water partition coefficient (Wildman–Crippen LogP) is 3.15. The Kier molecular flexibility index (Phi) is 4.83. The number of carboxylic acids is 2. The molecule has 2 N–H and O–H groups in total. The zero-order valence-electron chi connectivity index (χ0n) is 15.0. The Hall–Kier alpha value is -2.83. The van der Waals surface area contributed by atoms with Crippen LogP contribution < -0.4 is 0 Å². The SMILES string of the molecule is O=C(O)/C=C(/C(=O)O)N1CCN2C[C@H](c3ccc(Cl)cc3)c3ccccc3C21. The summed E-state index contributed by atoms with van der Waals surface area (Å²) in [6.07, 6.45) is 0.487. The summed E-state index contributed by atoms with van der Waals surface area (Å²) in [6, 6.07) is 15.7. The molecule has 0 aromatic heterocycles. The average Bonchev–Trinajstić information content (AvgIpc) is 3.10. The Morgan fingerprint density at radius 2 is 1.68 bits per heavy atom. The van der Waals surface area contributed by atoms with Gasteiger partial charge in [-0.25, -0.2) is 9.59 Å². The number of rotatable bonds is 4. The highest BCUT2D eigenvalue weighted by Gasteiger charge is 2.42. The second kappa shape index (κ2) is 7.30. The van der Waals surface area contributed by atoms with Crippen molar-refractivity contribution in [2.75, 3.05) is 19.6 Å². The van der Waals surface area contributed by atoms with Crippen LogP contribution in [0.4, 0.5) is 0 Å². The smallest absolute Gasteiger partial charge is 0.352 e. The lowest BCUT2D eigenvalue weighted by atomic mass is 9.83. The molecule has 144 valence electrons. The summed E-state index contributed by atoms with van der Waals surface area (Å²) in [6.45, 7) is 1.84. The van der Waals surface area contributed by atoms with E-state index in [1.807, 2.05) is 42.5 Å². The minimum Gasteiger partial charge on any atom is -0.478 e. The lowest BCUT2D eigenvalue weighted by molar-refractivity contribution is -0.137. The van der Waals surface area contributed by atoms with Crippen LogP contribution in [0.25, 0.3) is 0 Å². The average molecular weight is 399 g/mol. The van der Waals surface area contributed by atoms with Crippen LogP contribution in [0.15, 0.2) is 60.3 Å². The van der Waals surface area contributed by atoms with E-state index in [4.69, 9.17) is 16.7 Å². The van der Waals surface area contributed by atoms with E-state index in [2.05, 4.69) is 11.0 Å². The maximum atomic E-state index is 11.7. The van der Waals surface area contributed by atoms with E-state index in [1.165, 1.54) is 0 Å². The van der Waals surface area contributed by atoms with Crippen molar-refractivity contribution in [3.05, 3.63) is 82.0 Å². The van der Waals surface area contributed by atoms with E-state index in [0.29, 0.717) is 18.1 Å². The monoisotopic (exact) mass is 398 g/mol. The number of carboxylic acid groups (broad SMARTS) is 2. The molecule has 0 spiro atoms. The Bertz CT molecular complexity index is 957. The van der Waals surface area contributed by atoms with E-state index in [1.54, 1.807) is 4.90 Å². The second-order valence-corrected chi connectivity index (χ2v) is 7.40. The molecular formula is C21H19ClN2O4. The second-order valence-electron chi connectivity index (χ2n) is 6.97. The van der Waals surface area contributed by atoms with Gasteiger partial charge in [0.1, 0.15) is 11.9 Å². The summed E-state index contributed by atoms with van der Waals surface area (Å²) >= 11 is 6.04. The number of hydrogen-bond donors (Lipinski definition) is 2. The van der Waals surface area contributed by atoms with Gasteiger partial charge >= 0.3 is 11.9 Å². The standard InChI is InChI=1S/C21H19ClN2O4/c22-14-7-5-13(6-8-14)17-12-23-9-10-24(18(21(27)28)11-19(25)26)20(23)16-4-2-1-3-15(16)17/h1-8,11,17,20H,9-10,12H2,(H,25,26)(H,27,28)/b18-11-/t17-,20?/m1/s1. The van der Waals surface area contributed by atoms with E-state index in [0.717, 1.165) is 29.3 Å². The predicted molar refractivity (Wildman–Crippen MR) is 104 cm³/mol. The van der Waals surface area contributed by atoms with Crippen LogP contribution in [-0.4, -0.2) is 51.6 Å². The first-order valence-electron chi connectivity index (χ1n) is 8.98. The van der Waals surface area contributed by atoms with Crippen LogP contribution in [0, 0.1) is 0 Å². The van der Waals surface area contributed by atoms with Crippen LogP contribution >= 0.6 is 11.6 Å². The summed E-state index contributed by atoms with van der Waals surface area (Å²) in [4.78, 5) is 26.8. The minimum absolute atomic E-state index is 0.140. The van der Waals surface area contributed by atoms with Crippen LogP contribution in [0.5, 0.6) is 0 Å². The molecule has 2 heterocycles. The lowest BCUT2D eigenvalue weighted by Crippen LogP contribution is -2.39. The third kappa shape index (κ3) is 3.25. The fourth-order valence-electron chi connectivity index (χ4n) is 4.25. The van der Waals surface area contributed by atoms with Gasteiger partial charge < -0.3 is 15.1 Å². The number of hydrogen-bond acceptors (Lipinski definition) is 4. The molecule has 1 saturated heterocycles. The highest BCUT2D eigenvalue weighted by molar-refractivity contribution is 6.30. The van der Waals surface area contributed by atoms with E-state index >= 15 is 0 Å². The molecule has 0 saturated carbocycles. The highest BCUT2D eigenvalue weighted by atomic mass is 35.5. The van der Waals surface area contributed by atoms with Crippen molar-refractivity contribution in [3.63, 3.8) is 0 Å². The van der Waals surface area contributed by atoms with Gasteiger partial charge in [-0.3, -0.25) is 4.90 Å². The van der Waals surface area contributed by atoms with Crippen LogP contribution in [0.2, 0.25) is 5.02 Å². The molecule has 2 aliphatic heterocycles. The van der Waals surface area contributed by atoms with Crippen molar-refractivity contribution in [1.82, 2.24) is 9.80 Å². The van der Waals surface area contributed by atoms with E-state index < -0.39 is 11.9 Å². The van der Waals surface area contributed by atoms with Crippen LogP contribution in [0.3, 0.4) is 0 Å². The summed E-state index contributed by atoms with van der Waals surface area (Å²) in [5.74, 6) is -2.36. The molecule has 1 fully saturated rings. The number of halogens is 1. The highest BCUT2D eigenvalue weighted by Crippen LogP contribution is 2.44. The Labute approximate surface area is 167 Å². The lowest BCUT2D eigenvalue weighted by Gasteiger charge is -2.40. The zero-order chi connectivity index (χ0) is 19.8. The van der Waals surface area contributed by atoms with Crippen molar-refractivity contribution in [2.45, 2.75) is 12.1 Å². The largest absolute Gasteiger partial charge is 0.478 e. The first kappa shape index (κ1) is 18.5. The fourth-order valence-corrected chi connectivity index (χ4v) is 4.37. The Morgan fingerprint density at radius 3 is 2.32 bits per heavy atom. The van der Waals surface area contributed by atoms with Crippen molar-refractivity contribution < 1.29 is 19.8 Å². The molecule has 2 aliphatic rings. The van der Waals surface area contributed by atoms with Gasteiger partial charge in [0.05, 0.1) is 6.08 Å². The molecular weight excluding hydrogens is 380 g/mol. The molecule has 0 radical (unpaired) electrons. The number of fused-ring (bicyclic) bond motifs is 3. The van der Waals surface area contributed by atoms with Crippen molar-refractivity contribution >= 4 is 23.5 Å². The van der Waals surface area contributed by atoms with Crippen LogP contribution in [0.1, 0.15) is 28.8 Å². The molecule has 0 bridgehead atoms. The Morgan fingerprint density at radius 1 is 1.00 bits per heavy atom. The first-order valence-corrected chi connectivity index (χ1v) is 9.36. The molecule has 6 nitrogen and oxygen atoms in total. The third-order valence-electron chi connectivity index (χ3n) is 5.40. The maximum Gasteiger partial charge on any atom is 0.352 e. The summed E-state index contributed by atoms with van der Waals surface area (Å²) in [7, 11) is 0. The van der Waals surface area contributed by atoms with Gasteiger partial charge in [0, 0.05) is 30.6 Å². The number of carbonyl (C=O) groups is 2. The quantitative estimate of drug-likeness (QED) is 0.770. The summed E-state index contributed by atoms with van der Waals surface area (Å²) in [5.41, 5.74) is 3.08. The molecule has 7 heteroatoms.